The van der Waals surface area contributed by atoms with Gasteiger partial charge < -0.3 is 10.6 Å². The molecular formula is C13H24N2O. The van der Waals surface area contributed by atoms with Crippen molar-refractivity contribution in [3.63, 3.8) is 0 Å². The number of piperidine rings is 1. The van der Waals surface area contributed by atoms with E-state index in [-0.39, 0.29) is 5.92 Å². The highest BCUT2D eigenvalue weighted by Gasteiger charge is 2.23. The molecule has 3 nitrogen and oxygen atoms in total. The minimum atomic E-state index is 0.268. The molecule has 1 saturated heterocycles. The van der Waals surface area contributed by atoms with E-state index in [1.165, 1.54) is 38.5 Å². The maximum Gasteiger partial charge on any atom is 0.223 e. The van der Waals surface area contributed by atoms with E-state index < -0.39 is 0 Å². The van der Waals surface area contributed by atoms with Gasteiger partial charge in [0, 0.05) is 12.0 Å². The third-order valence-corrected chi connectivity index (χ3v) is 3.91. The standard InChI is InChI=1S/C13H24N2O/c16-13(11-7-9-14-10-8-11)15-12-5-3-1-2-4-6-12/h11-12,14H,1-10H2,(H,15,16). The smallest absolute Gasteiger partial charge is 0.223 e. The molecule has 0 aromatic heterocycles. The first kappa shape index (κ1) is 11.9. The van der Waals surface area contributed by atoms with Crippen molar-refractivity contribution in [1.82, 2.24) is 10.6 Å². The van der Waals surface area contributed by atoms with Crippen LogP contribution in [0.15, 0.2) is 0 Å². The highest BCUT2D eigenvalue weighted by molar-refractivity contribution is 5.79. The Morgan fingerprint density at radius 2 is 1.56 bits per heavy atom. The number of carbonyl (C=O) groups is 1. The number of rotatable bonds is 2. The molecule has 0 aromatic carbocycles. The predicted molar refractivity (Wildman–Crippen MR) is 65.2 cm³/mol. The molecule has 2 N–H and O–H groups in total. The van der Waals surface area contributed by atoms with Crippen LogP contribution >= 0.6 is 0 Å². The Morgan fingerprint density at radius 3 is 2.19 bits per heavy atom. The molecule has 2 aliphatic rings. The fourth-order valence-corrected chi connectivity index (χ4v) is 2.83. The molecule has 0 atom stereocenters. The highest BCUT2D eigenvalue weighted by atomic mass is 16.1. The summed E-state index contributed by atoms with van der Waals surface area (Å²) in [7, 11) is 0. The Morgan fingerprint density at radius 1 is 0.938 bits per heavy atom. The second kappa shape index (κ2) is 6.24. The van der Waals surface area contributed by atoms with Crippen LogP contribution < -0.4 is 10.6 Å². The summed E-state index contributed by atoms with van der Waals surface area (Å²) in [5.74, 6) is 0.581. The van der Waals surface area contributed by atoms with Gasteiger partial charge in [0.1, 0.15) is 0 Å². The van der Waals surface area contributed by atoms with Crippen molar-refractivity contribution in [2.45, 2.75) is 57.4 Å². The van der Waals surface area contributed by atoms with Gasteiger partial charge in [-0.05, 0) is 38.8 Å². The Balaban J connectivity index is 1.76. The molecule has 92 valence electrons. The molecule has 0 spiro atoms. The van der Waals surface area contributed by atoms with E-state index in [9.17, 15) is 4.79 Å². The van der Waals surface area contributed by atoms with Crippen molar-refractivity contribution in [3.05, 3.63) is 0 Å². The lowest BCUT2D eigenvalue weighted by molar-refractivity contribution is -0.126. The summed E-state index contributed by atoms with van der Waals surface area (Å²) < 4.78 is 0. The van der Waals surface area contributed by atoms with Gasteiger partial charge in [0.25, 0.3) is 0 Å². The summed E-state index contributed by atoms with van der Waals surface area (Å²) in [6.07, 6.45) is 9.68. The number of amides is 1. The summed E-state index contributed by atoms with van der Waals surface area (Å²) in [5.41, 5.74) is 0. The van der Waals surface area contributed by atoms with Crippen molar-refractivity contribution in [1.29, 1.82) is 0 Å². The molecule has 3 heteroatoms. The zero-order chi connectivity index (χ0) is 11.2. The number of nitrogens with one attached hydrogen (secondary N) is 2. The third-order valence-electron chi connectivity index (χ3n) is 3.91. The topological polar surface area (TPSA) is 41.1 Å². The lowest BCUT2D eigenvalue weighted by atomic mass is 9.96. The van der Waals surface area contributed by atoms with Gasteiger partial charge in [-0.25, -0.2) is 0 Å². The highest BCUT2D eigenvalue weighted by Crippen LogP contribution is 2.19. The van der Waals surface area contributed by atoms with Crippen molar-refractivity contribution in [3.8, 4) is 0 Å². The van der Waals surface area contributed by atoms with Gasteiger partial charge in [0.05, 0.1) is 0 Å². The largest absolute Gasteiger partial charge is 0.353 e. The van der Waals surface area contributed by atoms with Crippen LogP contribution in [0.3, 0.4) is 0 Å². The predicted octanol–water partition coefficient (Wildman–Crippen LogP) is 1.82. The van der Waals surface area contributed by atoms with Crippen molar-refractivity contribution in [2.75, 3.05) is 13.1 Å². The first-order valence-corrected chi connectivity index (χ1v) is 6.87. The van der Waals surface area contributed by atoms with Gasteiger partial charge in [-0.15, -0.1) is 0 Å². The van der Waals surface area contributed by atoms with Crippen LogP contribution in [-0.2, 0) is 4.79 Å². The van der Waals surface area contributed by atoms with Crippen LogP contribution in [0.2, 0.25) is 0 Å². The lowest BCUT2D eigenvalue weighted by Gasteiger charge is -2.24. The maximum absolute atomic E-state index is 12.0. The van der Waals surface area contributed by atoms with Crippen molar-refractivity contribution < 1.29 is 4.79 Å². The normalized spacial score (nSPS) is 25.0. The molecule has 0 bridgehead atoms. The molecule has 2 rings (SSSR count). The minimum Gasteiger partial charge on any atom is -0.353 e. The van der Waals surface area contributed by atoms with Gasteiger partial charge in [-0.3, -0.25) is 4.79 Å². The van der Waals surface area contributed by atoms with E-state index in [1.54, 1.807) is 0 Å². The molecule has 0 radical (unpaired) electrons. The first-order valence-electron chi connectivity index (χ1n) is 6.87. The molecular weight excluding hydrogens is 200 g/mol. The molecule has 1 aliphatic carbocycles. The van der Waals surface area contributed by atoms with Crippen LogP contribution in [-0.4, -0.2) is 25.0 Å². The number of carbonyl (C=O) groups excluding carboxylic acids is 1. The Bertz CT molecular complexity index is 216. The maximum atomic E-state index is 12.0. The summed E-state index contributed by atoms with van der Waals surface area (Å²) in [6, 6.07) is 0.463. The molecule has 2 fully saturated rings. The fraction of sp³-hybridized carbons (Fsp3) is 0.923. The van der Waals surface area contributed by atoms with Gasteiger partial charge in [0.2, 0.25) is 5.91 Å². The lowest BCUT2D eigenvalue weighted by Crippen LogP contribution is -2.42. The molecule has 1 aliphatic heterocycles. The van der Waals surface area contributed by atoms with E-state index in [0.717, 1.165) is 25.9 Å². The molecule has 1 amide bonds. The van der Waals surface area contributed by atoms with Crippen molar-refractivity contribution >= 4 is 5.91 Å². The van der Waals surface area contributed by atoms with Crippen LogP contribution in [0.25, 0.3) is 0 Å². The van der Waals surface area contributed by atoms with Gasteiger partial charge in [0.15, 0.2) is 0 Å². The zero-order valence-electron chi connectivity index (χ0n) is 10.1. The fourth-order valence-electron chi connectivity index (χ4n) is 2.83. The zero-order valence-corrected chi connectivity index (χ0v) is 10.1. The van der Waals surface area contributed by atoms with Crippen LogP contribution in [0.5, 0.6) is 0 Å². The first-order chi connectivity index (χ1) is 7.86. The average molecular weight is 224 g/mol. The SMILES string of the molecule is O=C(NC1CCCCCC1)C1CCNCC1. The van der Waals surface area contributed by atoms with E-state index in [0.29, 0.717) is 11.9 Å². The molecule has 1 saturated carbocycles. The Labute approximate surface area is 98.4 Å². The van der Waals surface area contributed by atoms with Crippen molar-refractivity contribution in [2.24, 2.45) is 5.92 Å². The molecule has 0 aromatic rings. The number of hydrogen-bond donors (Lipinski definition) is 2. The van der Waals surface area contributed by atoms with Crippen LogP contribution in [0.4, 0.5) is 0 Å². The summed E-state index contributed by atoms with van der Waals surface area (Å²) in [5, 5.41) is 6.57. The van der Waals surface area contributed by atoms with E-state index in [1.807, 2.05) is 0 Å². The minimum absolute atomic E-state index is 0.268. The Hall–Kier alpha value is -0.570. The van der Waals surface area contributed by atoms with Gasteiger partial charge >= 0.3 is 0 Å². The third kappa shape index (κ3) is 3.48. The Kier molecular flexibility index (Phi) is 4.64. The van der Waals surface area contributed by atoms with E-state index >= 15 is 0 Å². The van der Waals surface area contributed by atoms with Gasteiger partial charge in [-0.1, -0.05) is 25.7 Å². The van der Waals surface area contributed by atoms with Gasteiger partial charge in [-0.2, -0.15) is 0 Å². The molecule has 16 heavy (non-hydrogen) atoms. The number of hydrogen-bond acceptors (Lipinski definition) is 2. The second-order valence-corrected chi connectivity index (χ2v) is 5.22. The van der Waals surface area contributed by atoms with Crippen LogP contribution in [0, 0.1) is 5.92 Å². The summed E-state index contributed by atoms with van der Waals surface area (Å²) in [4.78, 5) is 12.0. The molecule has 0 unspecified atom stereocenters. The van der Waals surface area contributed by atoms with E-state index in [2.05, 4.69) is 10.6 Å². The summed E-state index contributed by atoms with van der Waals surface area (Å²) in [6.45, 7) is 2.01. The monoisotopic (exact) mass is 224 g/mol. The molecule has 1 heterocycles. The summed E-state index contributed by atoms with van der Waals surface area (Å²) >= 11 is 0. The van der Waals surface area contributed by atoms with E-state index in [4.69, 9.17) is 0 Å². The van der Waals surface area contributed by atoms with Crippen LogP contribution in [0.1, 0.15) is 51.4 Å². The average Bonchev–Trinajstić information content (AvgIpc) is 2.59. The quantitative estimate of drug-likeness (QED) is 0.703. The second-order valence-electron chi connectivity index (χ2n) is 5.22.